The second-order valence-electron chi connectivity index (χ2n) is 12.9. The Kier molecular flexibility index (Phi) is 8.17. The van der Waals surface area contributed by atoms with Crippen LogP contribution in [0.2, 0.25) is 0 Å². The summed E-state index contributed by atoms with van der Waals surface area (Å²) in [4.78, 5) is 30.9. The van der Waals surface area contributed by atoms with E-state index in [2.05, 4.69) is 4.98 Å². The van der Waals surface area contributed by atoms with Gasteiger partial charge in [-0.3, -0.25) is 14.3 Å². The Balaban J connectivity index is 1.50. The van der Waals surface area contributed by atoms with Gasteiger partial charge in [0.15, 0.2) is 0 Å². The van der Waals surface area contributed by atoms with E-state index in [1.165, 1.54) is 31.6 Å². The summed E-state index contributed by atoms with van der Waals surface area (Å²) in [5.74, 6) is -0.473. The molecule has 4 heterocycles. The highest BCUT2D eigenvalue weighted by Gasteiger charge is 2.39. The van der Waals surface area contributed by atoms with E-state index >= 15 is 0 Å². The molecule has 5 aromatic rings. The molecule has 47 heavy (non-hydrogen) atoms. The summed E-state index contributed by atoms with van der Waals surface area (Å²) in [7, 11) is -4.14. The molecule has 6 rings (SSSR count). The minimum absolute atomic E-state index is 0.0415. The number of aryl methyl sites for hydroxylation is 1. The molecule has 10 nitrogen and oxygen atoms in total. The molecule has 1 unspecified atom stereocenters. The van der Waals surface area contributed by atoms with Gasteiger partial charge in [0.1, 0.15) is 18.2 Å². The molecule has 1 N–H and O–H groups in total. The molecular weight excluding hydrogens is 623 g/mol. The maximum absolute atomic E-state index is 14.5. The SMILES string of the molecule is Cc1ccc(S(=O)(=O)n2c3c(c4ccc(-n5ccc(OCc6ccc(F)cn6)cc5=O)cc42)C(C(C)(C)C)CN(C(=O)O)CC3)cc1. The number of amides is 1. The van der Waals surface area contributed by atoms with Crippen LogP contribution in [0.25, 0.3) is 16.6 Å². The van der Waals surface area contributed by atoms with Crippen LogP contribution < -0.4 is 10.3 Å². The van der Waals surface area contributed by atoms with Crippen LogP contribution in [0.1, 0.15) is 49.2 Å². The third-order valence-electron chi connectivity index (χ3n) is 8.64. The van der Waals surface area contributed by atoms with E-state index < -0.39 is 32.9 Å². The van der Waals surface area contributed by atoms with Gasteiger partial charge in [-0.2, -0.15) is 0 Å². The first-order chi connectivity index (χ1) is 22.2. The van der Waals surface area contributed by atoms with Crippen LogP contribution >= 0.6 is 0 Å². The number of rotatable bonds is 6. The van der Waals surface area contributed by atoms with E-state index in [1.54, 1.807) is 48.7 Å². The van der Waals surface area contributed by atoms with Crippen LogP contribution in [-0.2, 0) is 23.1 Å². The summed E-state index contributed by atoms with van der Waals surface area (Å²) in [5.41, 5.74) is 2.77. The predicted molar refractivity (Wildman–Crippen MR) is 175 cm³/mol. The molecule has 0 saturated heterocycles. The summed E-state index contributed by atoms with van der Waals surface area (Å²) in [6, 6.07) is 17.6. The van der Waals surface area contributed by atoms with Crippen molar-refractivity contribution in [3.63, 3.8) is 0 Å². The van der Waals surface area contributed by atoms with E-state index in [-0.39, 0.29) is 36.9 Å². The monoisotopic (exact) mass is 658 g/mol. The first-order valence-corrected chi connectivity index (χ1v) is 16.6. The van der Waals surface area contributed by atoms with Gasteiger partial charge < -0.3 is 14.7 Å². The van der Waals surface area contributed by atoms with E-state index in [1.807, 2.05) is 33.8 Å². The number of aromatic nitrogens is 3. The van der Waals surface area contributed by atoms with Crippen molar-refractivity contribution in [1.82, 2.24) is 18.4 Å². The van der Waals surface area contributed by atoms with Crippen LogP contribution in [0, 0.1) is 18.2 Å². The van der Waals surface area contributed by atoms with Crippen molar-refractivity contribution in [3.8, 4) is 11.4 Å². The van der Waals surface area contributed by atoms with Gasteiger partial charge in [0.2, 0.25) is 0 Å². The zero-order valence-electron chi connectivity index (χ0n) is 26.5. The highest BCUT2D eigenvalue weighted by atomic mass is 32.2. The number of carbonyl (C=O) groups is 1. The summed E-state index contributed by atoms with van der Waals surface area (Å²) in [5, 5.41) is 10.6. The normalized spacial score (nSPS) is 15.3. The number of pyridine rings is 2. The molecule has 0 radical (unpaired) electrons. The van der Waals surface area contributed by atoms with Gasteiger partial charge in [0, 0.05) is 48.8 Å². The average molecular weight is 659 g/mol. The molecule has 12 heteroatoms. The summed E-state index contributed by atoms with van der Waals surface area (Å²) in [6.07, 6.45) is 1.78. The zero-order chi connectivity index (χ0) is 33.7. The highest BCUT2D eigenvalue weighted by molar-refractivity contribution is 7.90. The number of carboxylic acid groups (broad SMARTS) is 1. The van der Waals surface area contributed by atoms with Crippen molar-refractivity contribution >= 4 is 27.0 Å². The van der Waals surface area contributed by atoms with Crippen molar-refractivity contribution < 1.29 is 27.4 Å². The molecule has 1 atom stereocenters. The zero-order valence-corrected chi connectivity index (χ0v) is 27.3. The van der Waals surface area contributed by atoms with Gasteiger partial charge in [-0.05, 0) is 60.4 Å². The largest absolute Gasteiger partial charge is 0.487 e. The van der Waals surface area contributed by atoms with E-state index in [4.69, 9.17) is 4.74 Å². The molecule has 1 amide bonds. The lowest BCUT2D eigenvalue weighted by Crippen LogP contribution is -2.36. The molecule has 1 aliphatic rings. The third kappa shape index (κ3) is 6.12. The molecule has 1 aliphatic heterocycles. The molecule has 0 fully saturated rings. The molecule has 0 aliphatic carbocycles. The summed E-state index contributed by atoms with van der Waals surface area (Å²) in [6.45, 7) is 8.33. The van der Waals surface area contributed by atoms with Gasteiger partial charge in [-0.1, -0.05) is 44.5 Å². The first kappa shape index (κ1) is 32.0. The molecule has 0 spiro atoms. The Bertz CT molecular complexity index is 2150. The Morgan fingerprint density at radius 3 is 2.45 bits per heavy atom. The quantitative estimate of drug-likeness (QED) is 0.233. The van der Waals surface area contributed by atoms with Gasteiger partial charge in [0.05, 0.1) is 28.0 Å². The first-order valence-electron chi connectivity index (χ1n) is 15.2. The van der Waals surface area contributed by atoms with Gasteiger partial charge in [-0.25, -0.2) is 21.6 Å². The second kappa shape index (κ2) is 12.0. The second-order valence-corrected chi connectivity index (χ2v) is 14.7. The van der Waals surface area contributed by atoms with Gasteiger partial charge >= 0.3 is 6.09 Å². The average Bonchev–Trinajstić information content (AvgIpc) is 3.19. The highest BCUT2D eigenvalue weighted by Crippen LogP contribution is 2.45. The molecule has 0 saturated carbocycles. The van der Waals surface area contributed by atoms with Crippen molar-refractivity contribution in [2.24, 2.45) is 5.41 Å². The number of ether oxygens (including phenoxy) is 1. The minimum atomic E-state index is -4.14. The minimum Gasteiger partial charge on any atom is -0.487 e. The topological polar surface area (TPSA) is 124 Å². The van der Waals surface area contributed by atoms with Crippen LogP contribution in [0.3, 0.4) is 0 Å². The number of hydrogen-bond acceptors (Lipinski definition) is 6. The number of fused-ring (bicyclic) bond motifs is 3. The van der Waals surface area contributed by atoms with Crippen LogP contribution in [0.4, 0.5) is 9.18 Å². The number of benzene rings is 2. The van der Waals surface area contributed by atoms with Gasteiger partial charge in [-0.15, -0.1) is 0 Å². The molecule has 0 bridgehead atoms. The Morgan fingerprint density at radius 1 is 1.06 bits per heavy atom. The lowest BCUT2D eigenvalue weighted by molar-refractivity contribution is 0.135. The van der Waals surface area contributed by atoms with E-state index in [0.29, 0.717) is 33.7 Å². The molecule has 3 aromatic heterocycles. The number of nitrogens with zero attached hydrogens (tertiary/aromatic N) is 4. The summed E-state index contributed by atoms with van der Waals surface area (Å²) < 4.78 is 50.6. The van der Waals surface area contributed by atoms with Crippen LogP contribution in [-0.4, -0.2) is 51.1 Å². The Hall–Kier alpha value is -4.97. The van der Waals surface area contributed by atoms with Crippen molar-refractivity contribution in [3.05, 3.63) is 118 Å². The fraction of sp³-hybridized carbons (Fsp3) is 0.286. The maximum atomic E-state index is 14.5. The molecular formula is C35H35FN4O6S. The van der Waals surface area contributed by atoms with Crippen molar-refractivity contribution in [1.29, 1.82) is 0 Å². The Morgan fingerprint density at radius 2 is 1.81 bits per heavy atom. The fourth-order valence-corrected chi connectivity index (χ4v) is 7.71. The van der Waals surface area contributed by atoms with Gasteiger partial charge in [0.25, 0.3) is 15.6 Å². The Labute approximate surface area is 271 Å². The lowest BCUT2D eigenvalue weighted by Gasteiger charge is -2.33. The smallest absolute Gasteiger partial charge is 0.407 e. The molecule has 244 valence electrons. The standard InChI is InChI=1S/C35H35FN4O6S/c1-22-5-10-27(11-6-22)47(44,45)40-30-14-15-38(34(42)43)20-29(35(2,3)4)33(30)28-12-9-25(17-31(28)40)39-16-13-26(18-32(39)41)46-21-24-8-7-23(36)19-37-24/h5-13,16-19,29H,14-15,20-21H2,1-4H3,(H,42,43). The van der Waals surface area contributed by atoms with Crippen LogP contribution in [0.15, 0.2) is 88.8 Å². The summed E-state index contributed by atoms with van der Waals surface area (Å²) >= 11 is 0. The maximum Gasteiger partial charge on any atom is 0.407 e. The van der Waals surface area contributed by atoms with Crippen LogP contribution in [0.5, 0.6) is 5.75 Å². The van der Waals surface area contributed by atoms with E-state index in [9.17, 15) is 27.5 Å². The predicted octanol–water partition coefficient (Wildman–Crippen LogP) is 6.12. The van der Waals surface area contributed by atoms with Crippen molar-refractivity contribution in [2.75, 3.05) is 13.1 Å². The fourth-order valence-electron chi connectivity index (χ4n) is 6.13. The van der Waals surface area contributed by atoms with Crippen molar-refractivity contribution in [2.45, 2.75) is 51.5 Å². The third-order valence-corrected chi connectivity index (χ3v) is 10.4. The lowest BCUT2D eigenvalue weighted by atomic mass is 9.75. The number of halogens is 1. The van der Waals surface area contributed by atoms with E-state index in [0.717, 1.165) is 17.3 Å². The molecule has 2 aromatic carbocycles. The number of hydrogen-bond donors (Lipinski definition) is 1.